The van der Waals surface area contributed by atoms with Crippen molar-refractivity contribution >= 4 is 5.69 Å². The fourth-order valence-corrected chi connectivity index (χ4v) is 1.83. The highest BCUT2D eigenvalue weighted by Gasteiger charge is 2.07. The summed E-state index contributed by atoms with van der Waals surface area (Å²) in [5, 5.41) is 14.0. The van der Waals surface area contributed by atoms with Gasteiger partial charge in [0.15, 0.2) is 0 Å². The second-order valence-corrected chi connectivity index (χ2v) is 5.00. The lowest BCUT2D eigenvalue weighted by Gasteiger charge is -2.13. The molecule has 5 nitrogen and oxygen atoms in total. The molecule has 1 N–H and O–H groups in total. The van der Waals surface area contributed by atoms with E-state index in [4.69, 9.17) is 4.74 Å². The molecule has 0 atom stereocenters. The number of hydrogen-bond acceptors (Lipinski definition) is 4. The molecule has 0 aliphatic carbocycles. The summed E-state index contributed by atoms with van der Waals surface area (Å²) in [6.07, 6.45) is 0. The Hall–Kier alpha value is -2.40. The first kappa shape index (κ1) is 15.0. The molecule has 0 aliphatic heterocycles. The highest BCUT2D eigenvalue weighted by atomic mass is 16.6. The Kier molecular flexibility index (Phi) is 4.90. The van der Waals surface area contributed by atoms with Crippen LogP contribution in [0.4, 0.5) is 5.69 Å². The van der Waals surface area contributed by atoms with Gasteiger partial charge in [0.1, 0.15) is 11.5 Å². The third-order valence-corrected chi connectivity index (χ3v) is 2.95. The Morgan fingerprint density at radius 3 is 2.43 bits per heavy atom. The second-order valence-electron chi connectivity index (χ2n) is 5.00. The highest BCUT2D eigenvalue weighted by molar-refractivity contribution is 5.41. The van der Waals surface area contributed by atoms with Crippen LogP contribution < -0.4 is 10.1 Å². The van der Waals surface area contributed by atoms with E-state index in [1.165, 1.54) is 12.1 Å². The van der Waals surface area contributed by atoms with Crippen molar-refractivity contribution in [3.63, 3.8) is 0 Å². The molecule has 0 aliphatic rings. The molecule has 2 aromatic carbocycles. The van der Waals surface area contributed by atoms with Crippen molar-refractivity contribution < 1.29 is 9.66 Å². The van der Waals surface area contributed by atoms with Crippen LogP contribution in [0, 0.1) is 10.1 Å². The molecule has 0 spiro atoms. The first-order valence-corrected chi connectivity index (χ1v) is 6.80. The van der Waals surface area contributed by atoms with Gasteiger partial charge < -0.3 is 10.1 Å². The lowest BCUT2D eigenvalue weighted by atomic mass is 10.2. The number of nitrogens with one attached hydrogen (secondary N) is 1. The number of nitro groups is 1. The van der Waals surface area contributed by atoms with Crippen molar-refractivity contribution in [2.45, 2.75) is 26.4 Å². The minimum Gasteiger partial charge on any atom is -0.457 e. The predicted octanol–water partition coefficient (Wildman–Crippen LogP) is 3.89. The van der Waals surface area contributed by atoms with Crippen LogP contribution in [0.5, 0.6) is 11.5 Å². The van der Waals surface area contributed by atoms with E-state index in [0.29, 0.717) is 18.3 Å². The molecule has 0 saturated carbocycles. The van der Waals surface area contributed by atoms with Gasteiger partial charge in [0.2, 0.25) is 0 Å². The van der Waals surface area contributed by atoms with Gasteiger partial charge in [-0.3, -0.25) is 10.1 Å². The van der Waals surface area contributed by atoms with Gasteiger partial charge in [0.25, 0.3) is 5.69 Å². The third-order valence-electron chi connectivity index (χ3n) is 2.95. The normalized spacial score (nSPS) is 10.6. The van der Waals surface area contributed by atoms with Crippen molar-refractivity contribution in [3.05, 3.63) is 64.2 Å². The lowest BCUT2D eigenvalue weighted by molar-refractivity contribution is -0.384. The summed E-state index contributed by atoms with van der Waals surface area (Å²) in [5.74, 6) is 1.33. The van der Waals surface area contributed by atoms with Gasteiger partial charge in [0, 0.05) is 30.3 Å². The summed E-state index contributed by atoms with van der Waals surface area (Å²) in [6, 6.07) is 14.2. The van der Waals surface area contributed by atoms with Crippen molar-refractivity contribution in [2.75, 3.05) is 0 Å². The van der Waals surface area contributed by atoms with Gasteiger partial charge in [-0.15, -0.1) is 0 Å². The fourth-order valence-electron chi connectivity index (χ4n) is 1.83. The average molecular weight is 286 g/mol. The van der Waals surface area contributed by atoms with Crippen LogP contribution in [0.15, 0.2) is 48.5 Å². The van der Waals surface area contributed by atoms with Crippen molar-refractivity contribution in [3.8, 4) is 11.5 Å². The highest BCUT2D eigenvalue weighted by Crippen LogP contribution is 2.26. The summed E-state index contributed by atoms with van der Waals surface area (Å²) >= 11 is 0. The standard InChI is InChI=1S/C16H18N2O3/c1-12(2)17-11-13-5-3-4-6-16(13)21-15-9-7-14(8-10-15)18(19)20/h3-10,12,17H,11H2,1-2H3. The molecule has 0 fully saturated rings. The molecule has 0 radical (unpaired) electrons. The molecular formula is C16H18N2O3. The Bertz CT molecular complexity index is 609. The van der Waals surface area contributed by atoms with Crippen LogP contribution in [-0.2, 0) is 6.54 Å². The van der Waals surface area contributed by atoms with Crippen molar-refractivity contribution in [2.24, 2.45) is 0 Å². The van der Waals surface area contributed by atoms with E-state index >= 15 is 0 Å². The predicted molar refractivity (Wildman–Crippen MR) is 81.6 cm³/mol. The number of hydrogen-bond donors (Lipinski definition) is 1. The molecule has 110 valence electrons. The van der Waals surface area contributed by atoms with Gasteiger partial charge in [-0.25, -0.2) is 0 Å². The molecule has 2 aromatic rings. The lowest BCUT2D eigenvalue weighted by Crippen LogP contribution is -2.22. The van der Waals surface area contributed by atoms with Crippen molar-refractivity contribution in [1.82, 2.24) is 5.32 Å². The maximum Gasteiger partial charge on any atom is 0.269 e. The largest absolute Gasteiger partial charge is 0.457 e. The van der Waals surface area contributed by atoms with Crippen LogP contribution in [0.25, 0.3) is 0 Å². The number of nitro benzene ring substituents is 1. The molecule has 0 bridgehead atoms. The number of benzene rings is 2. The SMILES string of the molecule is CC(C)NCc1ccccc1Oc1ccc([N+](=O)[O-])cc1. The van der Waals surface area contributed by atoms with Crippen LogP contribution >= 0.6 is 0 Å². The second kappa shape index (κ2) is 6.85. The number of nitrogens with zero attached hydrogens (tertiary/aromatic N) is 1. The van der Waals surface area contributed by atoms with E-state index in [1.54, 1.807) is 12.1 Å². The molecule has 0 saturated heterocycles. The zero-order valence-electron chi connectivity index (χ0n) is 12.1. The van der Waals surface area contributed by atoms with Crippen LogP contribution in [0.2, 0.25) is 0 Å². The van der Waals surface area contributed by atoms with Gasteiger partial charge in [-0.1, -0.05) is 32.0 Å². The zero-order valence-corrected chi connectivity index (χ0v) is 12.1. The molecule has 0 heterocycles. The maximum absolute atomic E-state index is 10.6. The number of non-ortho nitro benzene ring substituents is 1. The minimum absolute atomic E-state index is 0.0529. The van der Waals surface area contributed by atoms with Crippen molar-refractivity contribution in [1.29, 1.82) is 0 Å². The van der Waals surface area contributed by atoms with E-state index in [1.807, 2.05) is 24.3 Å². The Morgan fingerprint density at radius 2 is 1.81 bits per heavy atom. The quantitative estimate of drug-likeness (QED) is 0.646. The van der Waals surface area contributed by atoms with Gasteiger partial charge in [-0.2, -0.15) is 0 Å². The third kappa shape index (κ3) is 4.29. The number of ether oxygens (including phenoxy) is 1. The summed E-state index contributed by atoms with van der Waals surface area (Å²) in [6.45, 7) is 4.88. The average Bonchev–Trinajstić information content (AvgIpc) is 2.47. The Morgan fingerprint density at radius 1 is 1.14 bits per heavy atom. The van der Waals surface area contributed by atoms with E-state index in [-0.39, 0.29) is 5.69 Å². The molecule has 0 aromatic heterocycles. The molecule has 2 rings (SSSR count). The number of rotatable bonds is 6. The summed E-state index contributed by atoms with van der Waals surface area (Å²) in [5.41, 5.74) is 1.10. The first-order chi connectivity index (χ1) is 10.1. The smallest absolute Gasteiger partial charge is 0.269 e. The van der Waals surface area contributed by atoms with Gasteiger partial charge >= 0.3 is 0 Å². The first-order valence-electron chi connectivity index (χ1n) is 6.80. The minimum atomic E-state index is -0.426. The maximum atomic E-state index is 10.6. The van der Waals surface area contributed by atoms with Gasteiger partial charge in [0.05, 0.1) is 4.92 Å². The zero-order chi connectivity index (χ0) is 15.2. The molecule has 0 amide bonds. The van der Waals surface area contributed by atoms with E-state index in [9.17, 15) is 10.1 Å². The summed E-state index contributed by atoms with van der Waals surface area (Å²) < 4.78 is 5.81. The monoisotopic (exact) mass is 286 g/mol. The Labute approximate surface area is 123 Å². The molecule has 5 heteroatoms. The molecule has 21 heavy (non-hydrogen) atoms. The van der Waals surface area contributed by atoms with E-state index in [0.717, 1.165) is 11.3 Å². The summed E-state index contributed by atoms with van der Waals surface area (Å²) in [7, 11) is 0. The molecular weight excluding hydrogens is 268 g/mol. The Balaban J connectivity index is 2.13. The van der Waals surface area contributed by atoms with E-state index < -0.39 is 4.92 Å². The van der Waals surface area contributed by atoms with Gasteiger partial charge in [-0.05, 0) is 18.2 Å². The van der Waals surface area contributed by atoms with Crippen LogP contribution in [-0.4, -0.2) is 11.0 Å². The fraction of sp³-hybridized carbons (Fsp3) is 0.250. The number of para-hydroxylation sites is 1. The van der Waals surface area contributed by atoms with E-state index in [2.05, 4.69) is 19.2 Å². The van der Waals surface area contributed by atoms with Crippen LogP contribution in [0.1, 0.15) is 19.4 Å². The van der Waals surface area contributed by atoms with Crippen LogP contribution in [0.3, 0.4) is 0 Å². The topological polar surface area (TPSA) is 64.4 Å². The summed E-state index contributed by atoms with van der Waals surface area (Å²) in [4.78, 5) is 10.2. The molecule has 0 unspecified atom stereocenters.